The largest absolute Gasteiger partial charge is 0.475 e. The summed E-state index contributed by atoms with van der Waals surface area (Å²) in [5, 5.41) is -0.551. The summed E-state index contributed by atoms with van der Waals surface area (Å²) in [6.07, 6.45) is 4.15. The van der Waals surface area contributed by atoms with Crippen LogP contribution in [0.5, 0.6) is 0 Å². The first-order chi connectivity index (χ1) is 7.83. The summed E-state index contributed by atoms with van der Waals surface area (Å²) in [6, 6.07) is 0. The molecule has 0 fully saturated rings. The second-order valence-corrected chi connectivity index (χ2v) is 3.28. The van der Waals surface area contributed by atoms with Crippen molar-refractivity contribution in [1.29, 1.82) is 0 Å². The standard InChI is InChI=1S/C4H10.C3H6O.C2H5NOS.CH3NOS/c1-3-4-2;1-2-3-4;1-4-2(3)5;2-1(3)4/h3-4H2,1-2H3;3H,2H2,1H3;1H3,(H2,3,5);(H3,2,3,4). The topological polar surface area (TPSA) is 95.4 Å². The van der Waals surface area contributed by atoms with Crippen LogP contribution in [0.25, 0.3) is 0 Å². The molecule has 0 saturated heterocycles. The van der Waals surface area contributed by atoms with E-state index in [0.29, 0.717) is 6.42 Å². The van der Waals surface area contributed by atoms with E-state index in [9.17, 15) is 4.79 Å². The molecule has 0 saturated carbocycles. The molecule has 1 amide bonds. The Morgan fingerprint density at radius 3 is 1.47 bits per heavy atom. The number of methoxy groups -OCH3 is 1. The number of rotatable bonds is 2. The van der Waals surface area contributed by atoms with Crippen LogP contribution in [0.2, 0.25) is 0 Å². The minimum absolute atomic E-state index is 0.0880. The van der Waals surface area contributed by atoms with Gasteiger partial charge in [0, 0.05) is 6.42 Å². The number of unbranched alkanes of at least 4 members (excludes halogenated alkanes) is 1. The van der Waals surface area contributed by atoms with Crippen molar-refractivity contribution < 1.29 is 14.3 Å². The lowest BCUT2D eigenvalue weighted by atomic mass is 10.4. The lowest BCUT2D eigenvalue weighted by Gasteiger charge is -1.85. The fraction of sp³-hybridized carbons (Fsp3) is 0.700. The van der Waals surface area contributed by atoms with Crippen molar-refractivity contribution in [3.8, 4) is 0 Å². The number of carbonyl (C=O) groups excluding carboxylic acids is 2. The van der Waals surface area contributed by atoms with Gasteiger partial charge in [-0.25, -0.2) is 0 Å². The molecule has 104 valence electrons. The first kappa shape index (κ1) is 25.1. The molecule has 0 aliphatic rings. The maximum absolute atomic E-state index is 9.17. The van der Waals surface area contributed by atoms with Crippen molar-refractivity contribution in [2.45, 2.75) is 40.0 Å². The van der Waals surface area contributed by atoms with E-state index in [1.54, 1.807) is 0 Å². The normalized spacial score (nSPS) is 6.65. The van der Waals surface area contributed by atoms with E-state index < -0.39 is 5.24 Å². The van der Waals surface area contributed by atoms with Gasteiger partial charge in [-0.05, 0) is 12.2 Å². The summed E-state index contributed by atoms with van der Waals surface area (Å²) >= 11 is 7.36. The van der Waals surface area contributed by atoms with Gasteiger partial charge in [0.05, 0.1) is 7.11 Å². The molecule has 0 aromatic carbocycles. The molecule has 0 aromatic rings. The average Bonchev–Trinajstić information content (AvgIpc) is 2.29. The third-order valence-electron chi connectivity index (χ3n) is 0.868. The van der Waals surface area contributed by atoms with E-state index in [4.69, 9.17) is 10.5 Å². The van der Waals surface area contributed by atoms with Gasteiger partial charge in [0.25, 0.3) is 10.4 Å². The Hall–Kier alpha value is -0.820. The number of primary amides is 1. The summed E-state index contributed by atoms with van der Waals surface area (Å²) in [5.74, 6) is 0. The van der Waals surface area contributed by atoms with E-state index in [1.807, 2.05) is 6.92 Å². The van der Waals surface area contributed by atoms with Crippen LogP contribution in [-0.4, -0.2) is 23.8 Å². The van der Waals surface area contributed by atoms with Crippen molar-refractivity contribution in [3.63, 3.8) is 0 Å². The molecule has 0 unspecified atom stereocenters. The molecule has 0 aliphatic heterocycles. The predicted octanol–water partition coefficient (Wildman–Crippen LogP) is 2.27. The van der Waals surface area contributed by atoms with Crippen LogP contribution in [0.1, 0.15) is 40.0 Å². The maximum atomic E-state index is 9.17. The summed E-state index contributed by atoms with van der Waals surface area (Å²) in [6.45, 7) is 6.17. The second-order valence-electron chi connectivity index (χ2n) is 2.44. The highest BCUT2D eigenvalue weighted by Gasteiger charge is 1.69. The van der Waals surface area contributed by atoms with Crippen molar-refractivity contribution in [1.82, 2.24) is 0 Å². The number of hydrogen-bond acceptors (Lipinski definition) is 4. The van der Waals surface area contributed by atoms with Crippen molar-refractivity contribution in [2.75, 3.05) is 7.11 Å². The molecule has 0 aromatic heterocycles. The van der Waals surface area contributed by atoms with Crippen molar-refractivity contribution in [2.24, 2.45) is 11.5 Å². The Morgan fingerprint density at radius 2 is 1.47 bits per heavy atom. The van der Waals surface area contributed by atoms with Gasteiger partial charge >= 0.3 is 0 Å². The third kappa shape index (κ3) is 261. The zero-order valence-electron chi connectivity index (χ0n) is 10.9. The Kier molecular flexibility index (Phi) is 43.5. The van der Waals surface area contributed by atoms with Gasteiger partial charge in [-0.3, -0.25) is 4.79 Å². The number of aldehydes is 1. The third-order valence-corrected chi connectivity index (χ3v) is 1.03. The Balaban J connectivity index is -0.0000000667. The van der Waals surface area contributed by atoms with Crippen LogP contribution in [0.15, 0.2) is 0 Å². The molecular weight excluding hydrogens is 260 g/mol. The van der Waals surface area contributed by atoms with Gasteiger partial charge in [-0.1, -0.05) is 46.2 Å². The summed E-state index contributed by atoms with van der Waals surface area (Å²) in [4.78, 5) is 18.3. The van der Waals surface area contributed by atoms with E-state index in [-0.39, 0.29) is 5.17 Å². The van der Waals surface area contributed by atoms with Gasteiger partial charge in [0.15, 0.2) is 0 Å². The highest BCUT2D eigenvalue weighted by molar-refractivity contribution is 7.96. The van der Waals surface area contributed by atoms with Crippen LogP contribution in [0.3, 0.4) is 0 Å². The Labute approximate surface area is 115 Å². The Morgan fingerprint density at radius 1 is 1.29 bits per heavy atom. The SMILES string of the molecule is CCC=O.CCCC.COC(N)=S.NC(=O)S. The zero-order valence-corrected chi connectivity index (χ0v) is 12.6. The number of carbonyl (C=O) groups is 2. The maximum Gasteiger partial charge on any atom is 0.273 e. The quantitative estimate of drug-likeness (QED) is 0.411. The minimum Gasteiger partial charge on any atom is -0.475 e. The van der Waals surface area contributed by atoms with Gasteiger partial charge in [-0.2, -0.15) is 0 Å². The first-order valence-electron chi connectivity index (χ1n) is 5.09. The Bertz CT molecular complexity index is 173. The van der Waals surface area contributed by atoms with Crippen LogP contribution in [0, 0.1) is 0 Å². The second kappa shape index (κ2) is 29.5. The van der Waals surface area contributed by atoms with Crippen molar-refractivity contribution >= 4 is 41.5 Å². The van der Waals surface area contributed by atoms with Gasteiger partial charge in [0.2, 0.25) is 0 Å². The molecule has 0 radical (unpaired) electrons. The van der Waals surface area contributed by atoms with Crippen LogP contribution < -0.4 is 11.5 Å². The van der Waals surface area contributed by atoms with E-state index in [0.717, 1.165) is 6.29 Å². The molecule has 0 aliphatic carbocycles. The lowest BCUT2D eigenvalue weighted by molar-refractivity contribution is -0.107. The summed E-state index contributed by atoms with van der Waals surface area (Å²) in [5.41, 5.74) is 9.14. The predicted molar refractivity (Wildman–Crippen MR) is 79.3 cm³/mol. The lowest BCUT2D eigenvalue weighted by Crippen LogP contribution is -2.08. The van der Waals surface area contributed by atoms with E-state index >= 15 is 0 Å². The smallest absolute Gasteiger partial charge is 0.273 e. The summed E-state index contributed by atoms with van der Waals surface area (Å²) in [7, 11) is 1.43. The fourth-order valence-corrected chi connectivity index (χ4v) is 0. The number of thiol groups is 1. The van der Waals surface area contributed by atoms with E-state index in [2.05, 4.69) is 49.2 Å². The number of ether oxygens (including phenoxy) is 1. The van der Waals surface area contributed by atoms with Crippen LogP contribution >= 0.6 is 24.8 Å². The molecule has 5 nitrogen and oxygen atoms in total. The van der Waals surface area contributed by atoms with Crippen molar-refractivity contribution in [3.05, 3.63) is 0 Å². The highest BCUT2D eigenvalue weighted by Crippen LogP contribution is 1.76. The monoisotopic (exact) mass is 284 g/mol. The molecule has 7 heteroatoms. The van der Waals surface area contributed by atoms with Gasteiger partial charge in [-0.15, -0.1) is 0 Å². The van der Waals surface area contributed by atoms with Crippen LogP contribution in [0.4, 0.5) is 4.79 Å². The van der Waals surface area contributed by atoms with Gasteiger partial charge < -0.3 is 21.0 Å². The molecule has 0 bridgehead atoms. The van der Waals surface area contributed by atoms with Crippen LogP contribution in [-0.2, 0) is 9.53 Å². The number of thiocarbonyl (C=S) groups is 1. The number of nitrogens with two attached hydrogens (primary N) is 2. The average molecular weight is 284 g/mol. The number of amides is 1. The molecular formula is C10H24N2O3S2. The molecule has 0 heterocycles. The summed E-state index contributed by atoms with van der Waals surface area (Å²) < 4.78 is 4.26. The highest BCUT2D eigenvalue weighted by atomic mass is 32.1. The van der Waals surface area contributed by atoms with E-state index in [1.165, 1.54) is 20.0 Å². The zero-order chi connectivity index (χ0) is 14.7. The number of hydrogen-bond donors (Lipinski definition) is 3. The fourth-order valence-electron chi connectivity index (χ4n) is 0. The van der Waals surface area contributed by atoms with Gasteiger partial charge in [0.1, 0.15) is 6.29 Å². The molecule has 4 N–H and O–H groups in total. The molecule has 17 heavy (non-hydrogen) atoms. The molecule has 0 spiro atoms. The molecule has 0 rings (SSSR count). The molecule has 0 atom stereocenters. The first-order valence-corrected chi connectivity index (χ1v) is 5.94. The minimum atomic E-state index is -0.639.